The number of nitrogens with zero attached hydrogens (tertiary/aromatic N) is 2. The van der Waals surface area contributed by atoms with Crippen LogP contribution in [0.4, 0.5) is 0 Å². The Hall–Kier alpha value is -2.17. The summed E-state index contributed by atoms with van der Waals surface area (Å²) < 4.78 is 0. The van der Waals surface area contributed by atoms with Crippen LogP contribution in [-0.2, 0) is 16.1 Å². The second-order valence-electron chi connectivity index (χ2n) is 7.01. The van der Waals surface area contributed by atoms with Gasteiger partial charge in [-0.25, -0.2) is 0 Å². The van der Waals surface area contributed by atoms with Crippen molar-refractivity contribution in [2.45, 2.75) is 39.2 Å². The van der Waals surface area contributed by atoms with Gasteiger partial charge in [0, 0.05) is 32.0 Å². The number of nitrogens with one attached hydrogen (secondary N) is 1. The highest BCUT2D eigenvalue weighted by atomic mass is 16.2. The van der Waals surface area contributed by atoms with Gasteiger partial charge in [-0.05, 0) is 36.8 Å². The highest BCUT2D eigenvalue weighted by molar-refractivity contribution is 5.89. The quantitative estimate of drug-likeness (QED) is 0.809. The van der Waals surface area contributed by atoms with Crippen LogP contribution in [0.15, 0.2) is 36.7 Å². The largest absolute Gasteiger partial charge is 0.352 e. The fourth-order valence-electron chi connectivity index (χ4n) is 3.89. The highest BCUT2D eigenvalue weighted by Gasteiger charge is 2.44. The van der Waals surface area contributed by atoms with E-state index in [9.17, 15) is 9.59 Å². The number of pyridine rings is 1. The summed E-state index contributed by atoms with van der Waals surface area (Å²) in [6, 6.07) is 3.80. The molecule has 0 radical (unpaired) electrons. The highest BCUT2D eigenvalue weighted by Crippen LogP contribution is 2.37. The van der Waals surface area contributed by atoms with Crippen molar-refractivity contribution in [1.29, 1.82) is 0 Å². The number of carbonyl (C=O) groups excluding carboxylic acids is 2. The third-order valence-corrected chi connectivity index (χ3v) is 5.31. The van der Waals surface area contributed by atoms with Gasteiger partial charge in [0.25, 0.3) is 0 Å². The Morgan fingerprint density at radius 3 is 3.08 bits per heavy atom. The van der Waals surface area contributed by atoms with E-state index < -0.39 is 0 Å². The minimum Gasteiger partial charge on any atom is -0.352 e. The van der Waals surface area contributed by atoms with Crippen LogP contribution < -0.4 is 5.32 Å². The fraction of sp³-hybridized carbons (Fsp3) is 0.550. The summed E-state index contributed by atoms with van der Waals surface area (Å²) in [4.78, 5) is 31.7. The zero-order chi connectivity index (χ0) is 17.6. The maximum absolute atomic E-state index is 13.0. The van der Waals surface area contributed by atoms with E-state index in [1.807, 2.05) is 17.0 Å². The van der Waals surface area contributed by atoms with Crippen LogP contribution in [-0.4, -0.2) is 34.8 Å². The molecule has 1 aliphatic carbocycles. The van der Waals surface area contributed by atoms with Crippen molar-refractivity contribution < 1.29 is 9.59 Å². The number of piperidine rings is 1. The number of fused-ring (bicyclic) bond motifs is 1. The first-order chi connectivity index (χ1) is 12.2. The summed E-state index contributed by atoms with van der Waals surface area (Å²) in [7, 11) is 0. The molecule has 1 aromatic heterocycles. The minimum absolute atomic E-state index is 0.0195. The molecule has 2 aliphatic rings. The molecule has 0 spiro atoms. The molecule has 0 aromatic carbocycles. The number of hydrogen-bond donors (Lipinski definition) is 1. The second-order valence-corrected chi connectivity index (χ2v) is 7.01. The number of carbonyl (C=O) groups is 2. The van der Waals surface area contributed by atoms with Crippen LogP contribution in [0, 0.1) is 17.8 Å². The van der Waals surface area contributed by atoms with E-state index in [1.54, 1.807) is 12.4 Å². The van der Waals surface area contributed by atoms with Crippen LogP contribution in [0.25, 0.3) is 0 Å². The number of aromatic nitrogens is 1. The lowest BCUT2D eigenvalue weighted by Crippen LogP contribution is -2.52. The molecule has 25 heavy (non-hydrogen) atoms. The van der Waals surface area contributed by atoms with Crippen molar-refractivity contribution in [3.05, 3.63) is 42.2 Å². The molecular weight excluding hydrogens is 314 g/mol. The van der Waals surface area contributed by atoms with Gasteiger partial charge < -0.3 is 10.2 Å². The molecule has 2 heterocycles. The van der Waals surface area contributed by atoms with E-state index in [0.29, 0.717) is 13.0 Å². The lowest BCUT2D eigenvalue weighted by molar-refractivity contribution is -0.147. The Balaban J connectivity index is 1.66. The van der Waals surface area contributed by atoms with Crippen molar-refractivity contribution in [3.63, 3.8) is 0 Å². The number of amides is 2. The molecule has 0 unspecified atom stereocenters. The number of allylic oxidation sites excluding steroid dienone is 2. The van der Waals surface area contributed by atoms with Gasteiger partial charge in [0.2, 0.25) is 11.8 Å². The van der Waals surface area contributed by atoms with Gasteiger partial charge >= 0.3 is 0 Å². The molecule has 1 aromatic rings. The SMILES string of the molecule is CCCCN1CC[C@H]2C=CC[C@@H](C(=O)NCc3cccnc3)[C@H]2C1=O. The van der Waals surface area contributed by atoms with Crippen molar-refractivity contribution in [2.75, 3.05) is 13.1 Å². The van der Waals surface area contributed by atoms with Crippen LogP contribution in [0.2, 0.25) is 0 Å². The lowest BCUT2D eigenvalue weighted by Gasteiger charge is -2.41. The molecule has 0 saturated carbocycles. The maximum atomic E-state index is 13.0. The predicted molar refractivity (Wildman–Crippen MR) is 96.4 cm³/mol. The third kappa shape index (κ3) is 4.09. The molecule has 2 amide bonds. The van der Waals surface area contributed by atoms with Gasteiger partial charge in [0.1, 0.15) is 0 Å². The van der Waals surface area contributed by atoms with Gasteiger partial charge in [0.05, 0.1) is 11.8 Å². The molecule has 1 aliphatic heterocycles. The van der Waals surface area contributed by atoms with E-state index in [-0.39, 0.29) is 29.6 Å². The first kappa shape index (κ1) is 17.6. The zero-order valence-corrected chi connectivity index (χ0v) is 14.9. The van der Waals surface area contributed by atoms with Crippen LogP contribution in [0.1, 0.15) is 38.2 Å². The smallest absolute Gasteiger partial charge is 0.227 e. The molecule has 1 saturated heterocycles. The van der Waals surface area contributed by atoms with E-state index in [2.05, 4.69) is 29.4 Å². The van der Waals surface area contributed by atoms with E-state index in [1.165, 1.54) is 0 Å². The van der Waals surface area contributed by atoms with E-state index >= 15 is 0 Å². The Morgan fingerprint density at radius 2 is 2.32 bits per heavy atom. The van der Waals surface area contributed by atoms with E-state index in [4.69, 9.17) is 0 Å². The molecular formula is C20H27N3O2. The second kappa shape index (κ2) is 8.28. The molecule has 5 nitrogen and oxygen atoms in total. The molecule has 3 rings (SSSR count). The van der Waals surface area contributed by atoms with Crippen LogP contribution in [0.3, 0.4) is 0 Å². The number of likely N-dealkylation sites (tertiary alicyclic amines) is 1. The fourth-order valence-corrected chi connectivity index (χ4v) is 3.89. The Kier molecular flexibility index (Phi) is 5.84. The van der Waals surface area contributed by atoms with E-state index in [0.717, 1.165) is 37.9 Å². The van der Waals surface area contributed by atoms with Crippen LogP contribution in [0.5, 0.6) is 0 Å². The van der Waals surface area contributed by atoms with Crippen molar-refractivity contribution >= 4 is 11.8 Å². The van der Waals surface area contributed by atoms with Gasteiger partial charge in [-0.2, -0.15) is 0 Å². The topological polar surface area (TPSA) is 62.3 Å². The zero-order valence-electron chi connectivity index (χ0n) is 14.9. The first-order valence-corrected chi connectivity index (χ1v) is 9.32. The molecule has 1 fully saturated rings. The van der Waals surface area contributed by atoms with Gasteiger partial charge in [-0.1, -0.05) is 31.6 Å². The molecule has 0 bridgehead atoms. The van der Waals surface area contributed by atoms with Crippen molar-refractivity contribution in [1.82, 2.24) is 15.2 Å². The Labute approximate surface area is 149 Å². The first-order valence-electron chi connectivity index (χ1n) is 9.32. The van der Waals surface area contributed by atoms with Crippen LogP contribution >= 0.6 is 0 Å². The molecule has 5 heteroatoms. The summed E-state index contributed by atoms with van der Waals surface area (Å²) in [5, 5.41) is 3.00. The summed E-state index contributed by atoms with van der Waals surface area (Å²) in [5.41, 5.74) is 0.971. The summed E-state index contributed by atoms with van der Waals surface area (Å²) >= 11 is 0. The van der Waals surface area contributed by atoms with Gasteiger partial charge in [-0.15, -0.1) is 0 Å². The minimum atomic E-state index is -0.261. The average molecular weight is 341 g/mol. The maximum Gasteiger partial charge on any atom is 0.227 e. The predicted octanol–water partition coefficient (Wildman–Crippen LogP) is 2.54. The third-order valence-electron chi connectivity index (χ3n) is 5.31. The molecule has 1 N–H and O–H groups in total. The summed E-state index contributed by atoms with van der Waals surface area (Å²) in [5.74, 6) is -0.120. The van der Waals surface area contributed by atoms with Gasteiger partial charge in [-0.3, -0.25) is 14.6 Å². The Morgan fingerprint density at radius 1 is 1.44 bits per heavy atom. The number of unbranched alkanes of at least 4 members (excludes halogenated alkanes) is 1. The standard InChI is InChI=1S/C20H27N3O2/c1-2-3-11-23-12-9-16-7-4-8-17(18(16)20(23)25)19(24)22-14-15-6-5-10-21-13-15/h4-7,10,13,16-18H,2-3,8-9,11-12,14H2,1H3,(H,22,24)/t16-,17-,18+/m1/s1. The monoisotopic (exact) mass is 341 g/mol. The molecule has 134 valence electrons. The number of rotatable bonds is 6. The number of hydrogen-bond acceptors (Lipinski definition) is 3. The van der Waals surface area contributed by atoms with Gasteiger partial charge in [0.15, 0.2) is 0 Å². The van der Waals surface area contributed by atoms with Crippen molar-refractivity contribution in [3.8, 4) is 0 Å². The average Bonchev–Trinajstić information content (AvgIpc) is 2.66. The molecule has 3 atom stereocenters. The Bertz CT molecular complexity index is 629. The lowest BCUT2D eigenvalue weighted by atomic mass is 9.71. The van der Waals surface area contributed by atoms with Crippen molar-refractivity contribution in [2.24, 2.45) is 17.8 Å². The summed E-state index contributed by atoms with van der Waals surface area (Å²) in [6.45, 7) is 4.22. The normalized spacial score (nSPS) is 25.6. The summed E-state index contributed by atoms with van der Waals surface area (Å²) in [6.07, 6.45) is 11.4.